The molecule has 0 spiro atoms. The highest BCUT2D eigenvalue weighted by Gasteiger charge is 2.34. The minimum atomic E-state index is -0.895. The van der Waals surface area contributed by atoms with Crippen LogP contribution in [-0.2, 0) is 20.7 Å². The zero-order chi connectivity index (χ0) is 21.0. The molecule has 2 aromatic rings. The Kier molecular flexibility index (Phi) is 6.22. The highest BCUT2D eigenvalue weighted by atomic mass is 16.5. The third-order valence-electron chi connectivity index (χ3n) is 4.92. The number of ether oxygens (including phenoxy) is 3. The van der Waals surface area contributed by atoms with Crippen molar-refractivity contribution in [3.63, 3.8) is 0 Å². The van der Waals surface area contributed by atoms with Crippen LogP contribution in [0.15, 0.2) is 48.5 Å². The Morgan fingerprint density at radius 3 is 2.62 bits per heavy atom. The summed E-state index contributed by atoms with van der Waals surface area (Å²) in [7, 11) is 3.11. The molecule has 1 aliphatic heterocycles. The van der Waals surface area contributed by atoms with Gasteiger partial charge in [0.1, 0.15) is 11.5 Å². The van der Waals surface area contributed by atoms with Gasteiger partial charge in [0.15, 0.2) is 6.10 Å². The van der Waals surface area contributed by atoms with Crippen LogP contribution in [-0.4, -0.2) is 38.2 Å². The van der Waals surface area contributed by atoms with E-state index in [0.29, 0.717) is 17.1 Å². The molecule has 0 saturated heterocycles. The van der Waals surface area contributed by atoms with E-state index in [2.05, 4.69) is 0 Å². The van der Waals surface area contributed by atoms with Crippen molar-refractivity contribution in [2.24, 2.45) is 0 Å². The Morgan fingerprint density at radius 2 is 1.90 bits per heavy atom. The molecule has 29 heavy (non-hydrogen) atoms. The fourth-order valence-electron chi connectivity index (χ4n) is 3.49. The second-order valence-corrected chi connectivity index (χ2v) is 6.91. The molecule has 1 amide bonds. The van der Waals surface area contributed by atoms with E-state index in [0.717, 1.165) is 17.7 Å². The van der Waals surface area contributed by atoms with E-state index in [9.17, 15) is 9.59 Å². The molecule has 0 radical (unpaired) electrons. The predicted molar refractivity (Wildman–Crippen MR) is 111 cm³/mol. The molecule has 0 aromatic heterocycles. The Bertz CT molecular complexity index is 937. The number of methoxy groups -OCH3 is 2. The summed E-state index contributed by atoms with van der Waals surface area (Å²) in [4.78, 5) is 26.9. The molecule has 1 heterocycles. The molecule has 0 N–H and O–H groups in total. The van der Waals surface area contributed by atoms with Gasteiger partial charge < -0.3 is 19.1 Å². The molecule has 3 rings (SSSR count). The first-order chi connectivity index (χ1) is 13.9. The van der Waals surface area contributed by atoms with Crippen LogP contribution < -0.4 is 14.4 Å². The number of carbonyl (C=O) groups excluding carboxylic acids is 2. The van der Waals surface area contributed by atoms with Crippen LogP contribution in [0.5, 0.6) is 11.5 Å². The van der Waals surface area contributed by atoms with Gasteiger partial charge in [0.25, 0.3) is 5.91 Å². The van der Waals surface area contributed by atoms with Crippen LogP contribution in [0.3, 0.4) is 0 Å². The molecule has 0 bridgehead atoms. The second kappa shape index (κ2) is 8.82. The summed E-state index contributed by atoms with van der Waals surface area (Å²) >= 11 is 0. The summed E-state index contributed by atoms with van der Waals surface area (Å²) in [6, 6.07) is 13.1. The lowest BCUT2D eigenvalue weighted by Crippen LogP contribution is -2.43. The van der Waals surface area contributed by atoms with Gasteiger partial charge in [-0.25, -0.2) is 4.79 Å². The van der Waals surface area contributed by atoms with Crippen molar-refractivity contribution in [2.45, 2.75) is 32.4 Å². The maximum absolute atomic E-state index is 12.9. The molecule has 0 unspecified atom stereocenters. The monoisotopic (exact) mass is 395 g/mol. The topological polar surface area (TPSA) is 65.1 Å². The van der Waals surface area contributed by atoms with E-state index in [1.54, 1.807) is 50.3 Å². The van der Waals surface area contributed by atoms with Crippen molar-refractivity contribution in [3.05, 3.63) is 59.7 Å². The van der Waals surface area contributed by atoms with Gasteiger partial charge in [-0.2, -0.15) is 0 Å². The number of esters is 1. The van der Waals surface area contributed by atoms with Gasteiger partial charge >= 0.3 is 5.97 Å². The number of fused-ring (bicyclic) bond motifs is 1. The van der Waals surface area contributed by atoms with Gasteiger partial charge in [-0.3, -0.25) is 4.79 Å². The molecule has 2 atom stereocenters. The highest BCUT2D eigenvalue weighted by molar-refractivity contribution is 6.00. The fourth-order valence-corrected chi connectivity index (χ4v) is 3.49. The normalized spacial score (nSPS) is 16.4. The van der Waals surface area contributed by atoms with Crippen LogP contribution in [0, 0.1) is 0 Å². The van der Waals surface area contributed by atoms with Gasteiger partial charge in [-0.1, -0.05) is 18.2 Å². The van der Waals surface area contributed by atoms with Crippen LogP contribution in [0.25, 0.3) is 6.08 Å². The summed E-state index contributed by atoms with van der Waals surface area (Å²) in [6.45, 7) is 3.58. The minimum absolute atomic E-state index is 0.0256. The van der Waals surface area contributed by atoms with E-state index in [1.807, 2.05) is 31.2 Å². The quantitative estimate of drug-likeness (QED) is 0.552. The second-order valence-electron chi connectivity index (χ2n) is 6.91. The number of anilines is 1. The molecule has 0 aliphatic carbocycles. The summed E-state index contributed by atoms with van der Waals surface area (Å²) < 4.78 is 15.8. The number of para-hydroxylation sites is 1. The maximum Gasteiger partial charge on any atom is 0.331 e. The predicted octanol–water partition coefficient (Wildman–Crippen LogP) is 3.63. The van der Waals surface area contributed by atoms with Crippen LogP contribution in [0.2, 0.25) is 0 Å². The maximum atomic E-state index is 12.9. The van der Waals surface area contributed by atoms with Crippen molar-refractivity contribution in [3.8, 4) is 11.5 Å². The summed E-state index contributed by atoms with van der Waals surface area (Å²) in [6.07, 6.45) is 2.75. The van der Waals surface area contributed by atoms with Crippen molar-refractivity contribution >= 4 is 23.6 Å². The first-order valence-electron chi connectivity index (χ1n) is 9.46. The average molecular weight is 395 g/mol. The molecule has 0 saturated carbocycles. The third kappa shape index (κ3) is 4.42. The van der Waals surface area contributed by atoms with Gasteiger partial charge in [-0.15, -0.1) is 0 Å². The molecule has 2 aromatic carbocycles. The number of benzene rings is 2. The van der Waals surface area contributed by atoms with Crippen LogP contribution in [0.1, 0.15) is 25.0 Å². The van der Waals surface area contributed by atoms with Gasteiger partial charge in [-0.05, 0) is 56.2 Å². The fraction of sp³-hybridized carbons (Fsp3) is 0.304. The van der Waals surface area contributed by atoms with E-state index >= 15 is 0 Å². The molecule has 0 fully saturated rings. The summed E-state index contributed by atoms with van der Waals surface area (Å²) in [5, 5.41) is 0. The lowest BCUT2D eigenvalue weighted by Gasteiger charge is -2.25. The smallest absolute Gasteiger partial charge is 0.331 e. The summed E-state index contributed by atoms with van der Waals surface area (Å²) in [5.74, 6) is 0.407. The molecule has 1 aliphatic rings. The van der Waals surface area contributed by atoms with Gasteiger partial charge in [0, 0.05) is 23.4 Å². The number of rotatable bonds is 6. The Labute approximate surface area is 170 Å². The molecule has 152 valence electrons. The Balaban J connectivity index is 1.68. The lowest BCUT2D eigenvalue weighted by atomic mass is 10.1. The van der Waals surface area contributed by atoms with Crippen LogP contribution in [0.4, 0.5) is 5.69 Å². The van der Waals surface area contributed by atoms with E-state index in [1.165, 1.54) is 6.08 Å². The van der Waals surface area contributed by atoms with Crippen molar-refractivity contribution in [2.75, 3.05) is 19.1 Å². The first kappa shape index (κ1) is 20.5. The van der Waals surface area contributed by atoms with Gasteiger partial charge in [0.05, 0.1) is 14.2 Å². The number of carbonyl (C=O) groups is 2. The lowest BCUT2D eigenvalue weighted by molar-refractivity contribution is -0.149. The standard InChI is InChI=1S/C23H25NO5/c1-15-13-17-7-5-6-8-20(17)24(15)23(26)16(2)29-22(25)12-9-18-14-19(27-3)10-11-21(18)28-4/h5-12,14-16H,13H2,1-4H3/b12-9+/t15-,16+/m1/s1. The number of hydrogen-bond donors (Lipinski definition) is 0. The zero-order valence-corrected chi connectivity index (χ0v) is 17.0. The van der Waals surface area contributed by atoms with E-state index in [-0.39, 0.29) is 11.9 Å². The van der Waals surface area contributed by atoms with Crippen molar-refractivity contribution in [1.82, 2.24) is 0 Å². The average Bonchev–Trinajstić information content (AvgIpc) is 3.06. The van der Waals surface area contributed by atoms with Crippen molar-refractivity contribution in [1.29, 1.82) is 0 Å². The van der Waals surface area contributed by atoms with E-state index < -0.39 is 12.1 Å². The van der Waals surface area contributed by atoms with E-state index in [4.69, 9.17) is 14.2 Å². The van der Waals surface area contributed by atoms with Crippen molar-refractivity contribution < 1.29 is 23.8 Å². The summed E-state index contributed by atoms with van der Waals surface area (Å²) in [5.41, 5.74) is 2.67. The highest BCUT2D eigenvalue weighted by Crippen LogP contribution is 2.32. The molecular weight excluding hydrogens is 370 g/mol. The number of nitrogens with zero attached hydrogens (tertiary/aromatic N) is 1. The molecular formula is C23H25NO5. The van der Waals surface area contributed by atoms with Gasteiger partial charge in [0.2, 0.25) is 0 Å². The third-order valence-corrected chi connectivity index (χ3v) is 4.92. The zero-order valence-electron chi connectivity index (χ0n) is 17.0. The van der Waals surface area contributed by atoms with Crippen LogP contribution >= 0.6 is 0 Å². The largest absolute Gasteiger partial charge is 0.497 e. The first-order valence-corrected chi connectivity index (χ1v) is 9.46. The Hall–Kier alpha value is -3.28. The minimum Gasteiger partial charge on any atom is -0.497 e. The molecule has 6 heteroatoms. The number of hydrogen-bond acceptors (Lipinski definition) is 5. The Morgan fingerprint density at radius 1 is 1.14 bits per heavy atom. The number of amides is 1. The SMILES string of the molecule is COc1ccc(OC)c(/C=C/C(=O)O[C@@H](C)C(=O)N2c3ccccc3C[C@H]2C)c1. The molecule has 6 nitrogen and oxygen atoms in total.